The number of rotatable bonds is 5. The smallest absolute Gasteiger partial charge is 0.346 e. The van der Waals surface area contributed by atoms with Crippen LogP contribution in [0.1, 0.15) is 20.7 Å². The van der Waals surface area contributed by atoms with E-state index in [0.29, 0.717) is 27.6 Å². The number of nitrogens with zero attached hydrogens (tertiary/aromatic N) is 2. The number of carbonyl (C=O) groups excluding carboxylic acids is 2. The lowest BCUT2D eigenvalue weighted by Crippen LogP contribution is -2.14. The summed E-state index contributed by atoms with van der Waals surface area (Å²) >= 11 is 0. The number of aliphatic hydroxyl groups excluding tert-OH is 1. The van der Waals surface area contributed by atoms with Crippen LogP contribution in [0.2, 0.25) is 0 Å². The lowest BCUT2D eigenvalue weighted by molar-refractivity contribution is 0.0400. The second kappa shape index (κ2) is 8.04. The number of hydrogen-bond donors (Lipinski definition) is 1. The number of pyridine rings is 2. The van der Waals surface area contributed by atoms with E-state index in [0.717, 1.165) is 0 Å². The van der Waals surface area contributed by atoms with Crippen LogP contribution in [0.3, 0.4) is 0 Å². The van der Waals surface area contributed by atoms with Gasteiger partial charge in [-0.1, -0.05) is 12.1 Å². The van der Waals surface area contributed by atoms with Crippen LogP contribution >= 0.6 is 0 Å². The van der Waals surface area contributed by atoms with Crippen molar-refractivity contribution in [1.29, 1.82) is 0 Å². The summed E-state index contributed by atoms with van der Waals surface area (Å²) in [6, 6.07) is 15.0. The van der Waals surface area contributed by atoms with Crippen molar-refractivity contribution in [2.24, 2.45) is 0 Å². The van der Waals surface area contributed by atoms with Gasteiger partial charge in [0, 0.05) is 29.2 Å². The van der Waals surface area contributed by atoms with E-state index in [1.165, 1.54) is 12.3 Å². The van der Waals surface area contributed by atoms with Crippen molar-refractivity contribution in [3.05, 3.63) is 78.1 Å². The van der Waals surface area contributed by atoms with Gasteiger partial charge < -0.3 is 14.6 Å². The van der Waals surface area contributed by atoms with E-state index in [2.05, 4.69) is 9.97 Å². The SMILES string of the molecule is O=C(OC(=O)c1ccnc2cc(OCCO)ccc12)c1cccc2ncccc12. The van der Waals surface area contributed by atoms with Crippen LogP contribution in [-0.2, 0) is 4.74 Å². The first kappa shape index (κ1) is 18.5. The summed E-state index contributed by atoms with van der Waals surface area (Å²) in [5, 5.41) is 10.0. The van der Waals surface area contributed by atoms with Gasteiger partial charge in [-0.15, -0.1) is 0 Å². The minimum atomic E-state index is -0.771. The Kier molecular flexibility index (Phi) is 5.13. The van der Waals surface area contributed by atoms with Crippen molar-refractivity contribution < 1.29 is 24.2 Å². The molecule has 7 heteroatoms. The topological polar surface area (TPSA) is 98.6 Å². The summed E-state index contributed by atoms with van der Waals surface area (Å²) < 4.78 is 10.5. The van der Waals surface area contributed by atoms with Gasteiger partial charge in [0.15, 0.2) is 0 Å². The molecule has 7 nitrogen and oxygen atoms in total. The molecule has 0 saturated carbocycles. The lowest BCUT2D eigenvalue weighted by atomic mass is 10.1. The molecule has 1 N–H and O–H groups in total. The number of hydrogen-bond acceptors (Lipinski definition) is 7. The zero-order valence-corrected chi connectivity index (χ0v) is 15.2. The van der Waals surface area contributed by atoms with Crippen molar-refractivity contribution >= 4 is 33.7 Å². The Labute approximate surface area is 165 Å². The second-order valence-electron chi connectivity index (χ2n) is 6.16. The zero-order valence-electron chi connectivity index (χ0n) is 15.2. The predicted molar refractivity (Wildman–Crippen MR) is 106 cm³/mol. The minimum absolute atomic E-state index is 0.108. The lowest BCUT2D eigenvalue weighted by Gasteiger charge is -2.09. The monoisotopic (exact) mass is 388 g/mol. The van der Waals surface area contributed by atoms with Gasteiger partial charge >= 0.3 is 11.9 Å². The molecule has 0 aliphatic rings. The molecule has 2 aromatic carbocycles. The molecule has 0 fully saturated rings. The third-order valence-corrected chi connectivity index (χ3v) is 4.35. The van der Waals surface area contributed by atoms with Crippen LogP contribution in [0.5, 0.6) is 5.75 Å². The number of ether oxygens (including phenoxy) is 2. The van der Waals surface area contributed by atoms with Crippen molar-refractivity contribution in [2.45, 2.75) is 0 Å². The molecule has 2 aromatic heterocycles. The molecule has 0 spiro atoms. The predicted octanol–water partition coefficient (Wildman–Crippen LogP) is 3.15. The molecule has 4 rings (SSSR count). The molecule has 0 radical (unpaired) electrons. The van der Waals surface area contributed by atoms with Crippen LogP contribution in [0.4, 0.5) is 0 Å². The Hall–Kier alpha value is -3.84. The van der Waals surface area contributed by atoms with E-state index < -0.39 is 11.9 Å². The van der Waals surface area contributed by atoms with Gasteiger partial charge in [0.25, 0.3) is 0 Å². The average Bonchev–Trinajstić information content (AvgIpc) is 2.76. The maximum absolute atomic E-state index is 12.7. The fourth-order valence-electron chi connectivity index (χ4n) is 3.03. The van der Waals surface area contributed by atoms with Crippen LogP contribution in [0, 0.1) is 0 Å². The molecule has 0 bridgehead atoms. The second-order valence-corrected chi connectivity index (χ2v) is 6.16. The molecule has 0 aliphatic heterocycles. The number of aliphatic hydroxyl groups is 1. The van der Waals surface area contributed by atoms with Crippen molar-refractivity contribution in [1.82, 2.24) is 9.97 Å². The summed E-state index contributed by atoms with van der Waals surface area (Å²) in [6.07, 6.45) is 3.09. The molecule has 0 unspecified atom stereocenters. The molecule has 0 amide bonds. The van der Waals surface area contributed by atoms with E-state index >= 15 is 0 Å². The van der Waals surface area contributed by atoms with Crippen molar-refractivity contribution in [2.75, 3.05) is 13.2 Å². The number of carbonyl (C=O) groups is 2. The highest BCUT2D eigenvalue weighted by Crippen LogP contribution is 2.24. The number of benzene rings is 2. The molecule has 0 atom stereocenters. The molecule has 0 aliphatic carbocycles. The Morgan fingerprint density at radius 1 is 0.828 bits per heavy atom. The molecular weight excluding hydrogens is 372 g/mol. The first-order valence-electron chi connectivity index (χ1n) is 8.90. The fourth-order valence-corrected chi connectivity index (χ4v) is 3.03. The Bertz CT molecular complexity index is 1220. The van der Waals surface area contributed by atoms with Crippen LogP contribution in [0.15, 0.2) is 67.0 Å². The average molecular weight is 388 g/mol. The minimum Gasteiger partial charge on any atom is -0.491 e. The Balaban J connectivity index is 1.62. The standard InChI is InChI=1S/C22H16N2O5/c25-11-12-28-14-6-7-16-18(8-10-24-20(16)13-14)22(27)29-21(26)17-3-1-5-19-15(17)4-2-9-23-19/h1-10,13,25H,11-12H2. The van der Waals surface area contributed by atoms with E-state index in [1.807, 2.05) is 0 Å². The summed E-state index contributed by atoms with van der Waals surface area (Å²) in [4.78, 5) is 33.7. The fraction of sp³-hybridized carbons (Fsp3) is 0.0909. The maximum atomic E-state index is 12.7. The highest BCUT2D eigenvalue weighted by atomic mass is 16.6. The van der Waals surface area contributed by atoms with Gasteiger partial charge in [-0.05, 0) is 36.4 Å². The highest BCUT2D eigenvalue weighted by molar-refractivity contribution is 6.12. The summed E-state index contributed by atoms with van der Waals surface area (Å²) in [6.45, 7) is 0.0469. The maximum Gasteiger partial charge on any atom is 0.346 e. The molecule has 144 valence electrons. The zero-order chi connectivity index (χ0) is 20.2. The number of aromatic nitrogens is 2. The third kappa shape index (κ3) is 3.76. The van der Waals surface area contributed by atoms with Gasteiger partial charge in [0.1, 0.15) is 12.4 Å². The molecule has 0 saturated heterocycles. The van der Waals surface area contributed by atoms with Crippen molar-refractivity contribution in [3.8, 4) is 5.75 Å². The van der Waals surface area contributed by atoms with Crippen LogP contribution < -0.4 is 4.74 Å². The molecular formula is C22H16N2O5. The van der Waals surface area contributed by atoms with Crippen LogP contribution in [0.25, 0.3) is 21.8 Å². The normalized spacial score (nSPS) is 10.8. The quantitative estimate of drug-likeness (QED) is 0.414. The first-order valence-corrected chi connectivity index (χ1v) is 8.90. The molecule has 4 aromatic rings. The van der Waals surface area contributed by atoms with E-state index in [9.17, 15) is 9.59 Å². The Morgan fingerprint density at radius 2 is 1.59 bits per heavy atom. The number of fused-ring (bicyclic) bond motifs is 2. The third-order valence-electron chi connectivity index (χ3n) is 4.35. The molecule has 29 heavy (non-hydrogen) atoms. The van der Waals surface area contributed by atoms with Gasteiger partial charge in [0.2, 0.25) is 0 Å². The van der Waals surface area contributed by atoms with E-state index in [1.54, 1.807) is 54.7 Å². The van der Waals surface area contributed by atoms with Crippen LogP contribution in [-0.4, -0.2) is 40.2 Å². The first-order chi connectivity index (χ1) is 14.2. The van der Waals surface area contributed by atoms with Gasteiger partial charge in [-0.3, -0.25) is 9.97 Å². The van der Waals surface area contributed by atoms with Gasteiger partial charge in [-0.2, -0.15) is 0 Å². The Morgan fingerprint density at radius 3 is 2.41 bits per heavy atom. The highest BCUT2D eigenvalue weighted by Gasteiger charge is 2.19. The summed E-state index contributed by atoms with van der Waals surface area (Å²) in [7, 11) is 0. The van der Waals surface area contributed by atoms with Crippen molar-refractivity contribution in [3.63, 3.8) is 0 Å². The van der Waals surface area contributed by atoms with Gasteiger partial charge in [0.05, 0.1) is 28.8 Å². The summed E-state index contributed by atoms with van der Waals surface area (Å²) in [5.74, 6) is -1.00. The number of esters is 2. The summed E-state index contributed by atoms with van der Waals surface area (Å²) in [5.41, 5.74) is 1.63. The van der Waals surface area contributed by atoms with E-state index in [-0.39, 0.29) is 24.3 Å². The largest absolute Gasteiger partial charge is 0.491 e. The molecule has 2 heterocycles. The van der Waals surface area contributed by atoms with E-state index in [4.69, 9.17) is 14.6 Å². The van der Waals surface area contributed by atoms with Gasteiger partial charge in [-0.25, -0.2) is 9.59 Å².